The molecule has 4 rings (SSSR count). The summed E-state index contributed by atoms with van der Waals surface area (Å²) in [4.78, 5) is 26.4. The van der Waals surface area contributed by atoms with Crippen LogP contribution >= 0.6 is 0 Å². The molecule has 1 atom stereocenters. The van der Waals surface area contributed by atoms with Gasteiger partial charge in [0.15, 0.2) is 0 Å². The lowest BCUT2D eigenvalue weighted by Crippen LogP contribution is -2.32. The molecule has 2 aromatic carbocycles. The topological polar surface area (TPSA) is 78.2 Å². The molecule has 0 aliphatic heterocycles. The highest BCUT2D eigenvalue weighted by atomic mass is 16.5. The Morgan fingerprint density at radius 3 is 2.44 bits per heavy atom. The number of nitrogens with one attached hydrogen (secondary N) is 1. The van der Waals surface area contributed by atoms with E-state index in [0.29, 0.717) is 23.6 Å². The van der Waals surface area contributed by atoms with Gasteiger partial charge in [0.05, 0.1) is 12.8 Å². The van der Waals surface area contributed by atoms with Crippen molar-refractivity contribution in [2.75, 3.05) is 12.4 Å². The van der Waals surface area contributed by atoms with Crippen LogP contribution in [0.2, 0.25) is 0 Å². The number of fused-ring (bicyclic) bond motifs is 1. The van der Waals surface area contributed by atoms with E-state index in [2.05, 4.69) is 10.4 Å². The Morgan fingerprint density at radius 1 is 1.12 bits per heavy atom. The highest BCUT2D eigenvalue weighted by Crippen LogP contribution is 2.31. The number of nitrogens with zero attached hydrogens (tertiary/aromatic N) is 3. The van der Waals surface area contributed by atoms with Crippen LogP contribution in [0.3, 0.4) is 0 Å². The summed E-state index contributed by atoms with van der Waals surface area (Å²) in [6.45, 7) is 6.20. The fourth-order valence-corrected chi connectivity index (χ4v) is 3.98. The van der Waals surface area contributed by atoms with E-state index in [1.807, 2.05) is 44.2 Å². The first-order valence-electron chi connectivity index (χ1n) is 10.6. The molecule has 32 heavy (non-hydrogen) atoms. The molecule has 164 valence electrons. The predicted octanol–water partition coefficient (Wildman–Crippen LogP) is 4.40. The van der Waals surface area contributed by atoms with Crippen molar-refractivity contribution in [3.63, 3.8) is 0 Å². The number of rotatable bonds is 6. The van der Waals surface area contributed by atoms with Crippen LogP contribution in [-0.4, -0.2) is 27.4 Å². The minimum atomic E-state index is -0.738. The highest BCUT2D eigenvalue weighted by molar-refractivity contribution is 5.98. The van der Waals surface area contributed by atoms with Crippen LogP contribution in [0.1, 0.15) is 25.6 Å². The first-order valence-corrected chi connectivity index (χ1v) is 10.6. The molecule has 0 fully saturated rings. The zero-order chi connectivity index (χ0) is 22.8. The van der Waals surface area contributed by atoms with Gasteiger partial charge in [-0.15, -0.1) is 0 Å². The molecule has 1 unspecified atom stereocenters. The number of benzene rings is 2. The second-order valence-corrected chi connectivity index (χ2v) is 7.63. The number of carbonyl (C=O) groups is 1. The van der Waals surface area contributed by atoms with Gasteiger partial charge in [0.25, 0.3) is 5.56 Å². The van der Waals surface area contributed by atoms with Crippen molar-refractivity contribution in [1.29, 1.82) is 0 Å². The summed E-state index contributed by atoms with van der Waals surface area (Å²) < 4.78 is 8.48. The van der Waals surface area contributed by atoms with Crippen molar-refractivity contribution in [2.24, 2.45) is 0 Å². The van der Waals surface area contributed by atoms with Crippen LogP contribution in [0.5, 0.6) is 5.75 Å². The molecule has 2 aromatic heterocycles. The van der Waals surface area contributed by atoms with E-state index in [1.165, 1.54) is 4.57 Å². The molecule has 4 aromatic rings. The molecule has 0 radical (unpaired) electrons. The van der Waals surface area contributed by atoms with Crippen LogP contribution < -0.4 is 15.6 Å². The number of hydrogen-bond acceptors (Lipinski definition) is 4. The number of hydrogen-bond donors (Lipinski definition) is 1. The first kappa shape index (κ1) is 21.4. The molecule has 0 spiro atoms. The Labute approximate surface area is 186 Å². The van der Waals surface area contributed by atoms with E-state index in [0.717, 1.165) is 22.2 Å². The molecule has 2 heterocycles. The lowest BCUT2D eigenvalue weighted by atomic mass is 10.0. The molecule has 1 amide bonds. The molecule has 0 bridgehead atoms. The van der Waals surface area contributed by atoms with E-state index >= 15 is 0 Å². The van der Waals surface area contributed by atoms with Crippen LogP contribution in [0.4, 0.5) is 5.69 Å². The largest absolute Gasteiger partial charge is 0.497 e. The lowest BCUT2D eigenvalue weighted by molar-refractivity contribution is -0.118. The van der Waals surface area contributed by atoms with Crippen molar-refractivity contribution in [3.05, 3.63) is 76.7 Å². The summed E-state index contributed by atoms with van der Waals surface area (Å²) in [5.74, 6) is 0.417. The van der Waals surface area contributed by atoms with Gasteiger partial charge in [-0.05, 0) is 56.2 Å². The molecular weight excluding hydrogens is 404 g/mol. The maximum atomic E-state index is 13.3. The maximum absolute atomic E-state index is 13.3. The average Bonchev–Trinajstić information content (AvgIpc) is 3.15. The minimum Gasteiger partial charge on any atom is -0.497 e. The van der Waals surface area contributed by atoms with Crippen LogP contribution in [0, 0.1) is 6.92 Å². The zero-order valence-electron chi connectivity index (χ0n) is 18.6. The number of methoxy groups -OCH3 is 1. The van der Waals surface area contributed by atoms with Crippen molar-refractivity contribution >= 4 is 22.6 Å². The van der Waals surface area contributed by atoms with Crippen LogP contribution in [0.15, 0.2) is 65.5 Å². The second kappa shape index (κ2) is 8.70. The van der Waals surface area contributed by atoms with E-state index < -0.39 is 6.04 Å². The summed E-state index contributed by atoms with van der Waals surface area (Å²) in [5, 5.41) is 8.42. The third-order valence-electron chi connectivity index (χ3n) is 5.61. The van der Waals surface area contributed by atoms with Crippen LogP contribution in [-0.2, 0) is 11.3 Å². The van der Waals surface area contributed by atoms with E-state index in [-0.39, 0.29) is 11.5 Å². The zero-order valence-corrected chi connectivity index (χ0v) is 18.6. The third-order valence-corrected chi connectivity index (χ3v) is 5.61. The molecule has 0 saturated carbocycles. The number of amides is 1. The fraction of sp³-hybridized carbons (Fsp3) is 0.240. The predicted molar refractivity (Wildman–Crippen MR) is 126 cm³/mol. The van der Waals surface area contributed by atoms with Gasteiger partial charge >= 0.3 is 0 Å². The van der Waals surface area contributed by atoms with Gasteiger partial charge < -0.3 is 10.1 Å². The first-order chi connectivity index (χ1) is 15.4. The summed E-state index contributed by atoms with van der Waals surface area (Å²) in [6, 6.07) is 17.7. The van der Waals surface area contributed by atoms with Gasteiger partial charge in [-0.25, -0.2) is 4.68 Å². The molecule has 7 nitrogen and oxygen atoms in total. The third kappa shape index (κ3) is 3.77. The van der Waals surface area contributed by atoms with Crippen LogP contribution in [0.25, 0.3) is 22.2 Å². The Kier molecular flexibility index (Phi) is 5.81. The number of pyridine rings is 1. The number of anilines is 1. The molecule has 0 aliphatic rings. The van der Waals surface area contributed by atoms with Gasteiger partial charge in [-0.2, -0.15) is 5.10 Å². The van der Waals surface area contributed by atoms with E-state index in [1.54, 1.807) is 49.0 Å². The number of ether oxygens (including phenoxy) is 1. The van der Waals surface area contributed by atoms with Crippen molar-refractivity contribution in [3.8, 4) is 16.9 Å². The quantitative estimate of drug-likeness (QED) is 0.492. The van der Waals surface area contributed by atoms with Gasteiger partial charge in [0, 0.05) is 23.7 Å². The normalized spacial score (nSPS) is 12.0. The van der Waals surface area contributed by atoms with Crippen molar-refractivity contribution in [2.45, 2.75) is 33.4 Å². The Balaban J connectivity index is 1.82. The molecule has 0 aliphatic carbocycles. The number of aromatic nitrogens is 3. The molecular formula is C25H26N4O3. The summed E-state index contributed by atoms with van der Waals surface area (Å²) in [7, 11) is 1.59. The Morgan fingerprint density at radius 2 is 1.81 bits per heavy atom. The van der Waals surface area contributed by atoms with Gasteiger partial charge in [-0.1, -0.05) is 30.3 Å². The Bertz CT molecular complexity index is 1320. The SMILES string of the molecule is CCn1nc(C)c2c(-c3ccccc3)cc(=O)n(C(C)C(=O)Nc3ccc(OC)cc3)c21. The van der Waals surface area contributed by atoms with Gasteiger partial charge in [0.1, 0.15) is 17.4 Å². The fourth-order valence-electron chi connectivity index (χ4n) is 3.98. The van der Waals surface area contributed by atoms with E-state index in [4.69, 9.17) is 4.74 Å². The van der Waals surface area contributed by atoms with Crippen molar-refractivity contribution in [1.82, 2.24) is 14.3 Å². The smallest absolute Gasteiger partial charge is 0.253 e. The summed E-state index contributed by atoms with van der Waals surface area (Å²) in [6.07, 6.45) is 0. The second-order valence-electron chi connectivity index (χ2n) is 7.63. The average molecular weight is 431 g/mol. The number of carbonyl (C=O) groups excluding carboxylic acids is 1. The number of aryl methyl sites for hydroxylation is 2. The van der Waals surface area contributed by atoms with E-state index in [9.17, 15) is 9.59 Å². The van der Waals surface area contributed by atoms with Crippen molar-refractivity contribution < 1.29 is 9.53 Å². The summed E-state index contributed by atoms with van der Waals surface area (Å²) in [5.41, 5.74) is 3.61. The highest BCUT2D eigenvalue weighted by Gasteiger charge is 2.24. The standard InChI is InChI=1S/C25H26N4O3/c1-5-28-25-23(16(2)27-28)21(18-9-7-6-8-10-18)15-22(30)29(25)17(3)24(31)26-19-11-13-20(32-4)14-12-19/h6-15,17H,5H2,1-4H3,(H,26,31). The Hall–Kier alpha value is -3.87. The molecule has 7 heteroatoms. The monoisotopic (exact) mass is 430 g/mol. The molecule has 0 saturated heterocycles. The van der Waals surface area contributed by atoms with Gasteiger partial charge in [-0.3, -0.25) is 14.2 Å². The maximum Gasteiger partial charge on any atom is 0.253 e. The molecule has 1 N–H and O–H groups in total. The minimum absolute atomic E-state index is 0.247. The lowest BCUT2D eigenvalue weighted by Gasteiger charge is -2.19. The van der Waals surface area contributed by atoms with Gasteiger partial charge in [0.2, 0.25) is 5.91 Å². The summed E-state index contributed by atoms with van der Waals surface area (Å²) >= 11 is 0.